The molecule has 104 valence electrons. The average Bonchev–Trinajstić information content (AvgIpc) is 3.00. The van der Waals surface area contributed by atoms with Gasteiger partial charge in [-0.1, -0.05) is 18.5 Å². The number of amides is 1. The van der Waals surface area contributed by atoms with E-state index in [1.807, 2.05) is 0 Å². The van der Waals surface area contributed by atoms with Crippen molar-refractivity contribution in [3.63, 3.8) is 0 Å². The number of nitrogens with one attached hydrogen (secondary N) is 1. The van der Waals surface area contributed by atoms with Crippen LogP contribution in [0.2, 0.25) is 0 Å². The Labute approximate surface area is 113 Å². The van der Waals surface area contributed by atoms with Gasteiger partial charge in [-0.05, 0) is 25.8 Å². The summed E-state index contributed by atoms with van der Waals surface area (Å²) in [6.45, 7) is 4.13. The Kier molecular flexibility index (Phi) is 3.31. The molecule has 2 atom stereocenters. The first-order valence-electron chi connectivity index (χ1n) is 7.13. The van der Waals surface area contributed by atoms with Crippen LogP contribution in [0.5, 0.6) is 0 Å². The van der Waals surface area contributed by atoms with Crippen molar-refractivity contribution < 1.29 is 9.32 Å². The monoisotopic (exact) mass is 263 g/mol. The fourth-order valence-electron chi connectivity index (χ4n) is 2.86. The molecule has 1 amide bonds. The van der Waals surface area contributed by atoms with Crippen molar-refractivity contribution in [2.45, 2.75) is 38.1 Å². The Morgan fingerprint density at radius 3 is 3.00 bits per heavy atom. The lowest BCUT2D eigenvalue weighted by atomic mass is 10.0. The number of hydrogen-bond donors (Lipinski definition) is 1. The van der Waals surface area contributed by atoms with Crippen LogP contribution in [-0.2, 0) is 0 Å². The molecule has 1 aromatic heterocycles. The van der Waals surface area contributed by atoms with Crippen LogP contribution in [0.4, 0.5) is 0 Å². The van der Waals surface area contributed by atoms with Gasteiger partial charge in [-0.15, -0.1) is 0 Å². The molecule has 1 unspecified atom stereocenters. The third kappa shape index (κ3) is 2.66. The largest absolute Gasteiger partial charge is 0.360 e. The maximum absolute atomic E-state index is 12.2. The highest BCUT2D eigenvalue weighted by Crippen LogP contribution is 2.40. The third-order valence-corrected chi connectivity index (χ3v) is 4.21. The van der Waals surface area contributed by atoms with E-state index in [9.17, 15) is 4.79 Å². The molecular weight excluding hydrogens is 242 g/mol. The van der Waals surface area contributed by atoms with E-state index in [4.69, 9.17) is 4.52 Å². The first kappa shape index (κ1) is 12.7. The van der Waals surface area contributed by atoms with Gasteiger partial charge in [0.25, 0.3) is 5.91 Å². The third-order valence-electron chi connectivity index (χ3n) is 4.21. The minimum Gasteiger partial charge on any atom is -0.360 e. The predicted octanol–water partition coefficient (Wildman–Crippen LogP) is 1.62. The quantitative estimate of drug-likeness (QED) is 0.897. The summed E-state index contributed by atoms with van der Waals surface area (Å²) in [5, 5.41) is 6.98. The summed E-state index contributed by atoms with van der Waals surface area (Å²) < 4.78 is 5.23. The van der Waals surface area contributed by atoms with Crippen molar-refractivity contribution in [2.24, 2.45) is 5.92 Å². The standard InChI is InChI=1S/C14H21N3O2/c1-3-9-7-17(2)8-12(9)15-14(18)11-6-13(19-16-11)10-4-5-10/h6,9-10,12H,3-5,7-8H2,1-2H3,(H,15,18)/t9-,12?/m0/s1. The van der Waals surface area contributed by atoms with Crippen LogP contribution < -0.4 is 5.32 Å². The summed E-state index contributed by atoms with van der Waals surface area (Å²) >= 11 is 0. The molecular formula is C14H21N3O2. The van der Waals surface area contributed by atoms with E-state index >= 15 is 0 Å². The Morgan fingerprint density at radius 2 is 2.32 bits per heavy atom. The number of nitrogens with zero attached hydrogens (tertiary/aromatic N) is 2. The van der Waals surface area contributed by atoms with Gasteiger partial charge in [0.05, 0.1) is 0 Å². The van der Waals surface area contributed by atoms with Crippen molar-refractivity contribution >= 4 is 5.91 Å². The summed E-state index contributed by atoms with van der Waals surface area (Å²) in [5.41, 5.74) is 0.423. The summed E-state index contributed by atoms with van der Waals surface area (Å²) in [7, 11) is 2.09. The van der Waals surface area contributed by atoms with Crippen molar-refractivity contribution in [3.05, 3.63) is 17.5 Å². The van der Waals surface area contributed by atoms with Crippen LogP contribution in [0, 0.1) is 5.92 Å². The van der Waals surface area contributed by atoms with Crippen molar-refractivity contribution in [1.82, 2.24) is 15.4 Å². The second-order valence-electron chi connectivity index (χ2n) is 5.86. The van der Waals surface area contributed by atoms with Gasteiger partial charge in [-0.2, -0.15) is 0 Å². The molecule has 0 radical (unpaired) electrons. The molecule has 1 aliphatic carbocycles. The van der Waals surface area contributed by atoms with Gasteiger partial charge in [-0.25, -0.2) is 0 Å². The molecule has 1 N–H and O–H groups in total. The molecule has 3 rings (SSSR count). The van der Waals surface area contributed by atoms with E-state index in [2.05, 4.69) is 29.3 Å². The summed E-state index contributed by atoms with van der Waals surface area (Å²) in [4.78, 5) is 14.4. The van der Waals surface area contributed by atoms with Crippen LogP contribution in [-0.4, -0.2) is 42.1 Å². The fraction of sp³-hybridized carbons (Fsp3) is 0.714. The summed E-state index contributed by atoms with van der Waals surface area (Å²) in [5.74, 6) is 1.79. The Morgan fingerprint density at radius 1 is 1.53 bits per heavy atom. The molecule has 5 nitrogen and oxygen atoms in total. The zero-order valence-corrected chi connectivity index (χ0v) is 11.6. The number of likely N-dealkylation sites (N-methyl/N-ethyl adjacent to an activating group) is 1. The van der Waals surface area contributed by atoms with Gasteiger partial charge in [0.2, 0.25) is 0 Å². The molecule has 0 bridgehead atoms. The van der Waals surface area contributed by atoms with Crippen molar-refractivity contribution in [2.75, 3.05) is 20.1 Å². The number of carbonyl (C=O) groups is 1. The lowest BCUT2D eigenvalue weighted by molar-refractivity contribution is 0.0921. The topological polar surface area (TPSA) is 58.4 Å². The van der Waals surface area contributed by atoms with Gasteiger partial charge in [0.15, 0.2) is 5.69 Å². The van der Waals surface area contributed by atoms with Gasteiger partial charge >= 0.3 is 0 Å². The number of likely N-dealkylation sites (tertiary alicyclic amines) is 1. The average molecular weight is 263 g/mol. The number of aromatic nitrogens is 1. The van der Waals surface area contributed by atoms with E-state index in [1.54, 1.807) is 6.07 Å². The van der Waals surface area contributed by atoms with Crippen LogP contribution in [0.25, 0.3) is 0 Å². The minimum atomic E-state index is -0.102. The molecule has 2 heterocycles. The second-order valence-corrected chi connectivity index (χ2v) is 5.86. The minimum absolute atomic E-state index is 0.102. The maximum atomic E-state index is 12.2. The molecule has 2 fully saturated rings. The molecule has 2 aliphatic rings. The first-order chi connectivity index (χ1) is 9.17. The first-order valence-corrected chi connectivity index (χ1v) is 7.13. The second kappa shape index (κ2) is 4.96. The van der Waals surface area contributed by atoms with E-state index in [0.717, 1.165) is 38.1 Å². The lowest BCUT2D eigenvalue weighted by Crippen LogP contribution is -2.40. The zero-order valence-electron chi connectivity index (χ0n) is 11.6. The molecule has 1 saturated heterocycles. The number of rotatable bonds is 4. The molecule has 5 heteroatoms. The maximum Gasteiger partial charge on any atom is 0.273 e. The predicted molar refractivity (Wildman–Crippen MR) is 71.0 cm³/mol. The Hall–Kier alpha value is -1.36. The van der Waals surface area contributed by atoms with Crippen LogP contribution in [0.15, 0.2) is 10.6 Å². The van der Waals surface area contributed by atoms with E-state index in [0.29, 0.717) is 17.5 Å². The molecule has 0 aromatic carbocycles. The normalized spacial score (nSPS) is 27.7. The number of hydrogen-bond acceptors (Lipinski definition) is 4. The molecule has 19 heavy (non-hydrogen) atoms. The van der Waals surface area contributed by atoms with E-state index in [-0.39, 0.29) is 11.9 Å². The van der Waals surface area contributed by atoms with Gasteiger partial charge in [-0.3, -0.25) is 4.79 Å². The van der Waals surface area contributed by atoms with Crippen LogP contribution >= 0.6 is 0 Å². The smallest absolute Gasteiger partial charge is 0.273 e. The summed E-state index contributed by atoms with van der Waals surface area (Å²) in [6, 6.07) is 2.02. The fourth-order valence-corrected chi connectivity index (χ4v) is 2.86. The van der Waals surface area contributed by atoms with Crippen LogP contribution in [0.1, 0.15) is 48.4 Å². The molecule has 1 saturated carbocycles. The molecule has 1 aromatic rings. The van der Waals surface area contributed by atoms with Gasteiger partial charge in [0, 0.05) is 31.1 Å². The van der Waals surface area contributed by atoms with E-state index in [1.165, 1.54) is 0 Å². The zero-order chi connectivity index (χ0) is 13.4. The number of carbonyl (C=O) groups excluding carboxylic acids is 1. The summed E-state index contributed by atoms with van der Waals surface area (Å²) in [6.07, 6.45) is 3.39. The van der Waals surface area contributed by atoms with Crippen molar-refractivity contribution in [3.8, 4) is 0 Å². The lowest BCUT2D eigenvalue weighted by Gasteiger charge is -2.17. The SMILES string of the molecule is CC[C@H]1CN(C)CC1NC(=O)c1cc(C2CC2)on1. The highest BCUT2D eigenvalue weighted by atomic mass is 16.5. The Bertz CT molecular complexity index is 467. The van der Waals surface area contributed by atoms with Crippen LogP contribution in [0.3, 0.4) is 0 Å². The van der Waals surface area contributed by atoms with Gasteiger partial charge < -0.3 is 14.7 Å². The van der Waals surface area contributed by atoms with E-state index < -0.39 is 0 Å². The van der Waals surface area contributed by atoms with Crippen molar-refractivity contribution in [1.29, 1.82) is 0 Å². The highest BCUT2D eigenvalue weighted by molar-refractivity contribution is 5.92. The molecule has 1 aliphatic heterocycles. The van der Waals surface area contributed by atoms with Gasteiger partial charge in [0.1, 0.15) is 5.76 Å². The highest BCUT2D eigenvalue weighted by Gasteiger charge is 2.32. The Balaban J connectivity index is 1.63. The molecule has 0 spiro atoms.